The number of benzene rings is 1. The molecule has 1 atom stereocenters. The second kappa shape index (κ2) is 4.25. The molecular formula is C9H9ClIN. The minimum absolute atomic E-state index is 0.125. The molecule has 0 fully saturated rings. The maximum Gasteiger partial charge on any atom is 0.0542 e. The van der Waals surface area contributed by atoms with Crippen LogP contribution in [0.3, 0.4) is 0 Å². The summed E-state index contributed by atoms with van der Waals surface area (Å²) in [5.74, 6) is 0. The molecule has 0 saturated heterocycles. The quantitative estimate of drug-likeness (QED) is 0.658. The molecule has 1 aromatic carbocycles. The maximum atomic E-state index is 5.92. The zero-order valence-corrected chi connectivity index (χ0v) is 9.34. The molecule has 0 saturated carbocycles. The van der Waals surface area contributed by atoms with E-state index in [4.69, 9.17) is 17.3 Å². The van der Waals surface area contributed by atoms with Crippen LogP contribution < -0.4 is 5.73 Å². The van der Waals surface area contributed by atoms with E-state index in [2.05, 4.69) is 29.2 Å². The van der Waals surface area contributed by atoms with Crippen molar-refractivity contribution in [3.05, 3.63) is 45.0 Å². The fraction of sp³-hybridized carbons (Fsp3) is 0.111. The molecule has 0 amide bonds. The normalized spacial score (nSPS) is 12.6. The summed E-state index contributed by atoms with van der Waals surface area (Å²) in [7, 11) is 0. The standard InChI is InChI=1S/C9H9ClIN/c1-2-9(12)6-3-4-8(11)7(10)5-6/h2-5,9H,1,12H2. The monoisotopic (exact) mass is 293 g/mol. The fourth-order valence-electron chi connectivity index (χ4n) is 0.856. The Morgan fingerprint density at radius 1 is 1.58 bits per heavy atom. The SMILES string of the molecule is C=CC(N)c1ccc(I)c(Cl)c1. The Balaban J connectivity index is 3.04. The molecule has 0 spiro atoms. The van der Waals surface area contributed by atoms with Crippen LogP contribution in [0, 0.1) is 3.57 Å². The van der Waals surface area contributed by atoms with E-state index in [0.717, 1.165) is 14.2 Å². The lowest BCUT2D eigenvalue weighted by Gasteiger charge is -2.06. The van der Waals surface area contributed by atoms with Crippen LogP contribution in [0.1, 0.15) is 11.6 Å². The number of nitrogens with two attached hydrogens (primary N) is 1. The van der Waals surface area contributed by atoms with Crippen molar-refractivity contribution in [2.24, 2.45) is 5.73 Å². The lowest BCUT2D eigenvalue weighted by molar-refractivity contribution is 0.914. The molecule has 1 nitrogen and oxygen atoms in total. The van der Waals surface area contributed by atoms with Crippen molar-refractivity contribution in [3.63, 3.8) is 0 Å². The Hall–Kier alpha value is -0.0600. The first kappa shape index (κ1) is 10.0. The van der Waals surface area contributed by atoms with Gasteiger partial charge in [-0.1, -0.05) is 23.7 Å². The van der Waals surface area contributed by atoms with Gasteiger partial charge in [-0.25, -0.2) is 0 Å². The summed E-state index contributed by atoms with van der Waals surface area (Å²) in [6, 6.07) is 5.65. The smallest absolute Gasteiger partial charge is 0.0542 e. The third-order valence-electron chi connectivity index (χ3n) is 1.58. The molecular weight excluding hydrogens is 284 g/mol. The third-order valence-corrected chi connectivity index (χ3v) is 3.15. The van der Waals surface area contributed by atoms with Crippen LogP contribution in [0.2, 0.25) is 5.02 Å². The molecule has 0 aliphatic rings. The first-order valence-electron chi connectivity index (χ1n) is 3.48. The van der Waals surface area contributed by atoms with E-state index in [0.29, 0.717) is 0 Å². The molecule has 1 unspecified atom stereocenters. The summed E-state index contributed by atoms with van der Waals surface area (Å²) in [5, 5.41) is 0.741. The Morgan fingerprint density at radius 2 is 2.25 bits per heavy atom. The van der Waals surface area contributed by atoms with E-state index in [1.165, 1.54) is 0 Å². The number of halogens is 2. The van der Waals surface area contributed by atoms with Crippen molar-refractivity contribution in [2.75, 3.05) is 0 Å². The van der Waals surface area contributed by atoms with Crippen molar-refractivity contribution in [3.8, 4) is 0 Å². The van der Waals surface area contributed by atoms with Gasteiger partial charge < -0.3 is 5.73 Å². The molecule has 0 aliphatic heterocycles. The highest BCUT2D eigenvalue weighted by molar-refractivity contribution is 14.1. The van der Waals surface area contributed by atoms with Crippen LogP contribution in [0.15, 0.2) is 30.9 Å². The summed E-state index contributed by atoms with van der Waals surface area (Å²) in [4.78, 5) is 0. The van der Waals surface area contributed by atoms with Crippen LogP contribution >= 0.6 is 34.2 Å². The maximum absolute atomic E-state index is 5.92. The van der Waals surface area contributed by atoms with Crippen molar-refractivity contribution in [1.82, 2.24) is 0 Å². The molecule has 1 aromatic rings. The first-order valence-corrected chi connectivity index (χ1v) is 4.94. The third kappa shape index (κ3) is 2.21. The Bertz CT molecular complexity index is 299. The largest absolute Gasteiger partial charge is 0.321 e. The highest BCUT2D eigenvalue weighted by Crippen LogP contribution is 2.22. The van der Waals surface area contributed by atoms with Gasteiger partial charge >= 0.3 is 0 Å². The van der Waals surface area contributed by atoms with Gasteiger partial charge in [0.05, 0.1) is 5.02 Å². The van der Waals surface area contributed by atoms with Gasteiger partial charge in [0, 0.05) is 9.61 Å². The Morgan fingerprint density at radius 3 is 2.75 bits per heavy atom. The highest BCUT2D eigenvalue weighted by atomic mass is 127. The number of rotatable bonds is 2. The average molecular weight is 294 g/mol. The van der Waals surface area contributed by atoms with Gasteiger partial charge in [0.25, 0.3) is 0 Å². The predicted molar refractivity (Wildman–Crippen MR) is 61.3 cm³/mol. The molecule has 0 radical (unpaired) electrons. The molecule has 0 aliphatic carbocycles. The molecule has 1 rings (SSSR count). The number of hydrogen-bond acceptors (Lipinski definition) is 1. The van der Waals surface area contributed by atoms with E-state index in [1.807, 2.05) is 18.2 Å². The summed E-state index contributed by atoms with van der Waals surface area (Å²) >= 11 is 8.10. The predicted octanol–water partition coefficient (Wildman–Crippen LogP) is 3.13. The van der Waals surface area contributed by atoms with Gasteiger partial charge in [0.2, 0.25) is 0 Å². The number of hydrogen-bond donors (Lipinski definition) is 1. The molecule has 0 bridgehead atoms. The summed E-state index contributed by atoms with van der Waals surface area (Å²) < 4.78 is 1.04. The molecule has 3 heteroatoms. The molecule has 0 aromatic heterocycles. The summed E-state index contributed by atoms with van der Waals surface area (Å²) in [6.45, 7) is 3.62. The Kier molecular flexibility index (Phi) is 3.55. The zero-order chi connectivity index (χ0) is 9.14. The van der Waals surface area contributed by atoms with Crippen LogP contribution in [-0.2, 0) is 0 Å². The topological polar surface area (TPSA) is 26.0 Å². The van der Waals surface area contributed by atoms with E-state index in [9.17, 15) is 0 Å². The summed E-state index contributed by atoms with van der Waals surface area (Å²) in [5.41, 5.74) is 6.73. The van der Waals surface area contributed by atoms with Crippen LogP contribution in [-0.4, -0.2) is 0 Å². The van der Waals surface area contributed by atoms with Gasteiger partial charge in [0.15, 0.2) is 0 Å². The Labute approximate surface area is 90.7 Å². The second-order valence-corrected chi connectivity index (χ2v) is 4.00. The molecule has 64 valence electrons. The van der Waals surface area contributed by atoms with Crippen LogP contribution in [0.5, 0.6) is 0 Å². The fourth-order valence-corrected chi connectivity index (χ4v) is 1.38. The van der Waals surface area contributed by atoms with Crippen molar-refractivity contribution in [2.45, 2.75) is 6.04 Å². The van der Waals surface area contributed by atoms with Crippen LogP contribution in [0.25, 0.3) is 0 Å². The van der Waals surface area contributed by atoms with Gasteiger partial charge in [-0.15, -0.1) is 6.58 Å². The highest BCUT2D eigenvalue weighted by Gasteiger charge is 2.03. The first-order chi connectivity index (χ1) is 5.65. The average Bonchev–Trinajstić information content (AvgIpc) is 2.08. The van der Waals surface area contributed by atoms with Gasteiger partial charge in [0.1, 0.15) is 0 Å². The van der Waals surface area contributed by atoms with Crippen molar-refractivity contribution in [1.29, 1.82) is 0 Å². The zero-order valence-electron chi connectivity index (χ0n) is 6.43. The van der Waals surface area contributed by atoms with E-state index >= 15 is 0 Å². The minimum Gasteiger partial charge on any atom is -0.321 e. The van der Waals surface area contributed by atoms with Gasteiger partial charge in [-0.3, -0.25) is 0 Å². The minimum atomic E-state index is -0.125. The lowest BCUT2D eigenvalue weighted by atomic mass is 10.1. The van der Waals surface area contributed by atoms with Gasteiger partial charge in [-0.05, 0) is 40.3 Å². The molecule has 0 heterocycles. The van der Waals surface area contributed by atoms with E-state index in [1.54, 1.807) is 6.08 Å². The van der Waals surface area contributed by atoms with E-state index < -0.39 is 0 Å². The second-order valence-electron chi connectivity index (χ2n) is 2.44. The van der Waals surface area contributed by atoms with Crippen molar-refractivity contribution < 1.29 is 0 Å². The van der Waals surface area contributed by atoms with Crippen LogP contribution in [0.4, 0.5) is 0 Å². The van der Waals surface area contributed by atoms with E-state index in [-0.39, 0.29) is 6.04 Å². The lowest BCUT2D eigenvalue weighted by Crippen LogP contribution is -2.06. The summed E-state index contributed by atoms with van der Waals surface area (Å²) in [6.07, 6.45) is 1.69. The van der Waals surface area contributed by atoms with Crippen molar-refractivity contribution >= 4 is 34.2 Å². The van der Waals surface area contributed by atoms with Gasteiger partial charge in [-0.2, -0.15) is 0 Å². The molecule has 12 heavy (non-hydrogen) atoms. The molecule has 2 N–H and O–H groups in total.